The fraction of sp³-hybridized carbons (Fsp3) is 0.690. The number of esters is 1. The monoisotopic (exact) mass is 710 g/mol. The highest BCUT2D eigenvalue weighted by Crippen LogP contribution is 2.40. The van der Waals surface area contributed by atoms with E-state index < -0.39 is 118 Å². The fourth-order valence-electron chi connectivity index (χ4n) is 5.60. The fourth-order valence-corrected chi connectivity index (χ4v) is 5.60. The minimum atomic E-state index is -2.53. The van der Waals surface area contributed by atoms with E-state index in [2.05, 4.69) is 0 Å². The molecule has 1 aromatic carbocycles. The molecule has 3 aliphatic rings. The van der Waals surface area contributed by atoms with Gasteiger partial charge in [0.2, 0.25) is 11.5 Å². The number of phenolic OH excluding ortho intramolecular Hbond substituents is 1. The average Bonchev–Trinajstić information content (AvgIpc) is 3.36. The van der Waals surface area contributed by atoms with Gasteiger partial charge in [-0.2, -0.15) is 0 Å². The summed E-state index contributed by atoms with van der Waals surface area (Å²) in [4.78, 5) is 12.9. The van der Waals surface area contributed by atoms with Crippen molar-refractivity contribution in [2.45, 2.75) is 85.5 Å². The Morgan fingerprint density at radius 2 is 1.35 bits per heavy atom. The Labute approximate surface area is 278 Å². The molecular formula is C29H42O20. The number of carbonyl (C=O) groups excluding carboxylic acids is 1. The summed E-state index contributed by atoms with van der Waals surface area (Å²) in [5.74, 6) is -3.88. The number of methoxy groups -OCH3 is 2. The Morgan fingerprint density at radius 1 is 0.776 bits per heavy atom. The minimum Gasteiger partial charge on any atom is -0.502 e. The van der Waals surface area contributed by atoms with Gasteiger partial charge < -0.3 is 94.1 Å². The number of aromatic hydroxyl groups is 1. The standard InChI is InChI=1S/C29H42O20/c1-42-12-5-11(6-13(43-2)18(12)35)3-4-17(34)46-26-20(37)15(8-31)48-29(26,10-33)49-28-24(41)22(39)25(16(9-32)45-28)47-27-23(40)21(38)19(36)14(7-30)44-27/h3-6,14-16,19-28,30-33,35-41H,7-10H2,1-2H3/b4-3+/t14-,15-,16-,19-,20-,21+,22-,23-,24-,25-,26+,27+,28-,29+/m1/s1. The van der Waals surface area contributed by atoms with Crippen LogP contribution in [0.3, 0.4) is 0 Å². The molecule has 14 atom stereocenters. The lowest BCUT2D eigenvalue weighted by atomic mass is 9.96. The van der Waals surface area contributed by atoms with Crippen molar-refractivity contribution in [2.75, 3.05) is 40.6 Å². The first-order valence-electron chi connectivity index (χ1n) is 15.0. The lowest BCUT2D eigenvalue weighted by Gasteiger charge is -2.47. The molecule has 49 heavy (non-hydrogen) atoms. The van der Waals surface area contributed by atoms with Gasteiger partial charge in [-0.1, -0.05) is 0 Å². The van der Waals surface area contributed by atoms with Gasteiger partial charge in [0.1, 0.15) is 67.6 Å². The molecule has 0 amide bonds. The van der Waals surface area contributed by atoms with E-state index in [9.17, 15) is 61.0 Å². The van der Waals surface area contributed by atoms with Crippen LogP contribution in [0.2, 0.25) is 0 Å². The maximum atomic E-state index is 12.9. The number of phenols is 1. The number of benzene rings is 1. The molecule has 20 nitrogen and oxygen atoms in total. The molecule has 11 N–H and O–H groups in total. The number of ether oxygens (including phenoxy) is 8. The van der Waals surface area contributed by atoms with Crippen LogP contribution in [0.4, 0.5) is 0 Å². The molecule has 278 valence electrons. The van der Waals surface area contributed by atoms with E-state index in [1.807, 2.05) is 0 Å². The van der Waals surface area contributed by atoms with Crippen molar-refractivity contribution in [1.29, 1.82) is 0 Å². The third kappa shape index (κ3) is 7.93. The summed E-state index contributed by atoms with van der Waals surface area (Å²) < 4.78 is 43.1. The molecular weight excluding hydrogens is 668 g/mol. The van der Waals surface area contributed by atoms with Gasteiger partial charge in [-0.3, -0.25) is 0 Å². The summed E-state index contributed by atoms with van der Waals surface area (Å²) in [7, 11) is 2.59. The number of hydrogen-bond acceptors (Lipinski definition) is 20. The molecule has 0 aliphatic carbocycles. The molecule has 0 radical (unpaired) electrons. The zero-order valence-corrected chi connectivity index (χ0v) is 26.2. The smallest absolute Gasteiger partial charge is 0.331 e. The molecule has 0 saturated carbocycles. The predicted molar refractivity (Wildman–Crippen MR) is 155 cm³/mol. The first kappa shape index (κ1) is 39.0. The Bertz CT molecular complexity index is 1250. The van der Waals surface area contributed by atoms with Crippen LogP contribution in [-0.4, -0.2) is 188 Å². The van der Waals surface area contributed by atoms with E-state index in [-0.39, 0.29) is 17.2 Å². The van der Waals surface area contributed by atoms with Crippen LogP contribution in [0.15, 0.2) is 18.2 Å². The molecule has 3 heterocycles. The van der Waals surface area contributed by atoms with Crippen LogP contribution in [0.25, 0.3) is 6.08 Å². The molecule has 0 unspecified atom stereocenters. The second kappa shape index (κ2) is 16.5. The number of aliphatic hydroxyl groups excluding tert-OH is 10. The SMILES string of the molecule is COc1cc(/C=C/C(=O)O[C@H]2[C@H](O)[C@@H](CO)O[C@@]2(CO)O[C@H]2O[C@H](CO)[C@@H](O[C@@H]3O[C@H](CO)[C@@H](O)[C@H](O)[C@H]3O)[C@H](O)[C@H]2O)cc(OC)c1O. The molecule has 1 aromatic rings. The second-order valence-electron chi connectivity index (χ2n) is 11.4. The van der Waals surface area contributed by atoms with E-state index in [0.717, 1.165) is 6.08 Å². The van der Waals surface area contributed by atoms with Crippen LogP contribution >= 0.6 is 0 Å². The van der Waals surface area contributed by atoms with Gasteiger partial charge in [0, 0.05) is 6.08 Å². The average molecular weight is 711 g/mol. The van der Waals surface area contributed by atoms with Gasteiger partial charge in [0.05, 0.1) is 34.0 Å². The summed E-state index contributed by atoms with van der Waals surface area (Å²) in [6.45, 7) is -3.74. The van der Waals surface area contributed by atoms with E-state index in [4.69, 9.17) is 37.9 Å². The lowest BCUT2D eigenvalue weighted by Crippen LogP contribution is -2.66. The van der Waals surface area contributed by atoms with Crippen molar-refractivity contribution in [2.24, 2.45) is 0 Å². The summed E-state index contributed by atoms with van der Waals surface area (Å²) in [5, 5.41) is 113. The summed E-state index contributed by atoms with van der Waals surface area (Å²) in [6.07, 6.45) is -21.1. The van der Waals surface area contributed by atoms with Gasteiger partial charge in [-0.05, 0) is 23.8 Å². The quantitative estimate of drug-likeness (QED) is 0.0671. The van der Waals surface area contributed by atoms with Gasteiger partial charge in [-0.15, -0.1) is 0 Å². The second-order valence-corrected chi connectivity index (χ2v) is 11.4. The Balaban J connectivity index is 1.52. The summed E-state index contributed by atoms with van der Waals surface area (Å²) >= 11 is 0. The first-order valence-corrected chi connectivity index (χ1v) is 15.0. The Morgan fingerprint density at radius 3 is 1.90 bits per heavy atom. The predicted octanol–water partition coefficient (Wildman–Crippen LogP) is -5.58. The van der Waals surface area contributed by atoms with Gasteiger partial charge in [0.15, 0.2) is 30.2 Å². The topological polar surface area (TPSA) is 313 Å². The van der Waals surface area contributed by atoms with E-state index >= 15 is 0 Å². The third-order valence-electron chi connectivity index (χ3n) is 8.31. The van der Waals surface area contributed by atoms with Crippen LogP contribution < -0.4 is 9.47 Å². The molecule has 4 rings (SSSR count). The Hall–Kier alpha value is -2.77. The van der Waals surface area contributed by atoms with Crippen molar-refractivity contribution >= 4 is 12.0 Å². The maximum Gasteiger partial charge on any atom is 0.331 e. The van der Waals surface area contributed by atoms with Crippen molar-refractivity contribution in [3.8, 4) is 17.2 Å². The highest BCUT2D eigenvalue weighted by Gasteiger charge is 2.61. The number of carbonyl (C=O) groups is 1. The summed E-state index contributed by atoms with van der Waals surface area (Å²) in [6, 6.07) is 2.74. The zero-order chi connectivity index (χ0) is 36.2. The highest BCUT2D eigenvalue weighted by molar-refractivity contribution is 5.87. The summed E-state index contributed by atoms with van der Waals surface area (Å²) in [5.41, 5.74) is 0.313. The zero-order valence-electron chi connectivity index (χ0n) is 26.2. The molecule has 0 bridgehead atoms. The van der Waals surface area contributed by atoms with Crippen LogP contribution in [0, 0.1) is 0 Å². The van der Waals surface area contributed by atoms with Crippen LogP contribution in [0.5, 0.6) is 17.2 Å². The maximum absolute atomic E-state index is 12.9. The normalized spacial score (nSPS) is 39.6. The highest BCUT2D eigenvalue weighted by atomic mass is 16.8. The number of aliphatic hydroxyl groups is 10. The lowest BCUT2D eigenvalue weighted by molar-refractivity contribution is -0.398. The number of hydrogen-bond donors (Lipinski definition) is 11. The molecule has 20 heteroatoms. The van der Waals surface area contributed by atoms with Crippen LogP contribution in [-0.2, 0) is 33.2 Å². The van der Waals surface area contributed by atoms with Crippen LogP contribution in [0.1, 0.15) is 5.56 Å². The molecule has 0 aromatic heterocycles. The Kier molecular flexibility index (Phi) is 13.1. The van der Waals surface area contributed by atoms with Crippen molar-refractivity contribution in [3.05, 3.63) is 23.8 Å². The first-order chi connectivity index (χ1) is 23.3. The van der Waals surface area contributed by atoms with E-state index in [1.54, 1.807) is 0 Å². The van der Waals surface area contributed by atoms with E-state index in [0.29, 0.717) is 5.56 Å². The largest absolute Gasteiger partial charge is 0.502 e. The van der Waals surface area contributed by atoms with E-state index in [1.165, 1.54) is 32.4 Å². The minimum absolute atomic E-state index is 0.0284. The molecule has 3 fully saturated rings. The number of rotatable bonds is 13. The van der Waals surface area contributed by atoms with Gasteiger partial charge in [0.25, 0.3) is 0 Å². The van der Waals surface area contributed by atoms with Gasteiger partial charge >= 0.3 is 5.97 Å². The van der Waals surface area contributed by atoms with Crippen molar-refractivity contribution < 1.29 is 98.9 Å². The third-order valence-corrected chi connectivity index (χ3v) is 8.31. The molecule has 3 saturated heterocycles. The molecule has 3 aliphatic heterocycles. The van der Waals surface area contributed by atoms with Crippen molar-refractivity contribution in [1.82, 2.24) is 0 Å². The van der Waals surface area contributed by atoms with Crippen molar-refractivity contribution in [3.63, 3.8) is 0 Å². The molecule has 0 spiro atoms. The van der Waals surface area contributed by atoms with Gasteiger partial charge in [-0.25, -0.2) is 4.79 Å².